The van der Waals surface area contributed by atoms with Gasteiger partial charge < -0.3 is 10.2 Å². The number of likely N-dealkylation sites (tertiary alicyclic amines) is 1. The van der Waals surface area contributed by atoms with Crippen molar-refractivity contribution in [3.8, 4) is 0 Å². The van der Waals surface area contributed by atoms with Crippen molar-refractivity contribution in [3.63, 3.8) is 0 Å². The van der Waals surface area contributed by atoms with Gasteiger partial charge in [-0.2, -0.15) is 0 Å². The molecule has 104 valence electrons. The molecular formula is C16H24N2O. The molecule has 1 fully saturated rings. The summed E-state index contributed by atoms with van der Waals surface area (Å²) in [7, 11) is 0. The highest BCUT2D eigenvalue weighted by Gasteiger charge is 2.28. The van der Waals surface area contributed by atoms with Crippen LogP contribution in [0.1, 0.15) is 38.2 Å². The summed E-state index contributed by atoms with van der Waals surface area (Å²) in [5, 5.41) is 3.56. The Balaban J connectivity index is 2.08. The Morgan fingerprint density at radius 1 is 1.32 bits per heavy atom. The standard InChI is InChI=1S/C16H24N2O/c1-3-9-17-16-10-15(11-18(12-16)13(2)19)14-7-5-4-6-8-14/h4-8,15-17H,3,9-12H2,1-2H3. The number of carbonyl (C=O) groups is 1. The Bertz CT molecular complexity index is 404. The first kappa shape index (κ1) is 14.1. The first-order valence-corrected chi connectivity index (χ1v) is 7.24. The summed E-state index contributed by atoms with van der Waals surface area (Å²) in [5.41, 5.74) is 1.34. The molecule has 3 nitrogen and oxygen atoms in total. The summed E-state index contributed by atoms with van der Waals surface area (Å²) in [6, 6.07) is 11.0. The van der Waals surface area contributed by atoms with Crippen LogP contribution >= 0.6 is 0 Å². The second-order valence-electron chi connectivity index (χ2n) is 5.42. The molecule has 1 aromatic rings. The Labute approximate surface area is 116 Å². The van der Waals surface area contributed by atoms with E-state index in [4.69, 9.17) is 0 Å². The number of hydrogen-bond acceptors (Lipinski definition) is 2. The summed E-state index contributed by atoms with van der Waals surface area (Å²) in [6.07, 6.45) is 2.25. The van der Waals surface area contributed by atoms with Crippen molar-refractivity contribution in [2.45, 2.75) is 38.6 Å². The minimum Gasteiger partial charge on any atom is -0.341 e. The molecule has 2 atom stereocenters. The highest BCUT2D eigenvalue weighted by Crippen LogP contribution is 2.27. The Morgan fingerprint density at radius 3 is 2.68 bits per heavy atom. The van der Waals surface area contributed by atoms with Crippen LogP contribution in [0.25, 0.3) is 0 Å². The van der Waals surface area contributed by atoms with Gasteiger partial charge in [0.25, 0.3) is 0 Å². The number of nitrogens with zero attached hydrogens (tertiary/aromatic N) is 1. The smallest absolute Gasteiger partial charge is 0.219 e. The van der Waals surface area contributed by atoms with Crippen LogP contribution in [0.3, 0.4) is 0 Å². The van der Waals surface area contributed by atoms with E-state index in [1.165, 1.54) is 5.56 Å². The first-order chi connectivity index (χ1) is 9.20. The second kappa shape index (κ2) is 6.71. The molecule has 0 spiro atoms. The number of nitrogens with one attached hydrogen (secondary N) is 1. The quantitative estimate of drug-likeness (QED) is 0.901. The zero-order valence-corrected chi connectivity index (χ0v) is 11.9. The number of carbonyl (C=O) groups excluding carboxylic acids is 1. The van der Waals surface area contributed by atoms with Gasteiger partial charge in [0.05, 0.1) is 0 Å². The van der Waals surface area contributed by atoms with Gasteiger partial charge in [-0.25, -0.2) is 0 Å². The van der Waals surface area contributed by atoms with Crippen molar-refractivity contribution in [1.82, 2.24) is 10.2 Å². The molecule has 1 aliphatic heterocycles. The summed E-state index contributed by atoms with van der Waals surface area (Å²) in [6.45, 7) is 6.57. The van der Waals surface area contributed by atoms with Crippen molar-refractivity contribution >= 4 is 5.91 Å². The van der Waals surface area contributed by atoms with Crippen LogP contribution in [0.2, 0.25) is 0 Å². The minimum absolute atomic E-state index is 0.184. The topological polar surface area (TPSA) is 32.3 Å². The molecule has 1 amide bonds. The van der Waals surface area contributed by atoms with Gasteiger partial charge in [0.1, 0.15) is 0 Å². The third-order valence-corrected chi connectivity index (χ3v) is 3.85. The van der Waals surface area contributed by atoms with Gasteiger partial charge >= 0.3 is 0 Å². The van der Waals surface area contributed by atoms with Crippen molar-refractivity contribution in [3.05, 3.63) is 35.9 Å². The van der Waals surface area contributed by atoms with Crippen molar-refractivity contribution in [1.29, 1.82) is 0 Å². The maximum atomic E-state index is 11.7. The van der Waals surface area contributed by atoms with Gasteiger partial charge in [-0.05, 0) is 24.9 Å². The SMILES string of the molecule is CCCNC1CC(c2ccccc2)CN(C(C)=O)C1. The maximum absolute atomic E-state index is 11.7. The lowest BCUT2D eigenvalue weighted by molar-refractivity contribution is -0.130. The first-order valence-electron chi connectivity index (χ1n) is 7.24. The Kier molecular flexibility index (Phi) is 4.97. The molecule has 1 saturated heterocycles. The summed E-state index contributed by atoms with van der Waals surface area (Å²) in [4.78, 5) is 13.7. The molecular weight excluding hydrogens is 236 g/mol. The largest absolute Gasteiger partial charge is 0.341 e. The molecule has 0 radical (unpaired) electrons. The number of hydrogen-bond donors (Lipinski definition) is 1. The number of piperidine rings is 1. The molecule has 1 aliphatic rings. The molecule has 2 rings (SSSR count). The lowest BCUT2D eigenvalue weighted by atomic mass is 9.88. The zero-order chi connectivity index (χ0) is 13.7. The molecule has 19 heavy (non-hydrogen) atoms. The highest BCUT2D eigenvalue weighted by atomic mass is 16.2. The summed E-state index contributed by atoms with van der Waals surface area (Å²) < 4.78 is 0. The Hall–Kier alpha value is -1.35. The summed E-state index contributed by atoms with van der Waals surface area (Å²) >= 11 is 0. The lowest BCUT2D eigenvalue weighted by Crippen LogP contribution is -2.50. The molecule has 3 heteroatoms. The van der Waals surface area contributed by atoms with Crippen LogP contribution in [-0.2, 0) is 4.79 Å². The van der Waals surface area contributed by atoms with E-state index in [-0.39, 0.29) is 5.91 Å². The normalized spacial score (nSPS) is 23.4. The third kappa shape index (κ3) is 3.80. The van der Waals surface area contributed by atoms with E-state index < -0.39 is 0 Å². The van der Waals surface area contributed by atoms with E-state index in [1.54, 1.807) is 6.92 Å². The minimum atomic E-state index is 0.184. The van der Waals surface area contributed by atoms with Gasteiger partial charge in [-0.1, -0.05) is 37.3 Å². The predicted octanol–water partition coefficient (Wildman–Crippen LogP) is 2.39. The molecule has 1 heterocycles. The van der Waals surface area contributed by atoms with Crippen molar-refractivity contribution < 1.29 is 4.79 Å². The maximum Gasteiger partial charge on any atom is 0.219 e. The van der Waals surface area contributed by atoms with E-state index in [1.807, 2.05) is 11.0 Å². The monoisotopic (exact) mass is 260 g/mol. The molecule has 1 N–H and O–H groups in total. The van der Waals surface area contributed by atoms with Gasteiger partial charge in [0.2, 0.25) is 5.91 Å². The third-order valence-electron chi connectivity index (χ3n) is 3.85. The van der Waals surface area contributed by atoms with Crippen molar-refractivity contribution in [2.75, 3.05) is 19.6 Å². The van der Waals surface area contributed by atoms with Gasteiger partial charge in [-0.15, -0.1) is 0 Å². The molecule has 0 bridgehead atoms. The fraction of sp³-hybridized carbons (Fsp3) is 0.562. The molecule has 1 aromatic carbocycles. The van der Waals surface area contributed by atoms with Gasteiger partial charge in [0, 0.05) is 32.0 Å². The predicted molar refractivity (Wildman–Crippen MR) is 78.1 cm³/mol. The van der Waals surface area contributed by atoms with E-state index in [0.29, 0.717) is 12.0 Å². The van der Waals surface area contributed by atoms with Crippen LogP contribution < -0.4 is 5.32 Å². The van der Waals surface area contributed by atoms with E-state index in [9.17, 15) is 4.79 Å². The van der Waals surface area contributed by atoms with Crippen LogP contribution in [0.15, 0.2) is 30.3 Å². The number of amides is 1. The van der Waals surface area contributed by atoms with E-state index >= 15 is 0 Å². The molecule has 0 aromatic heterocycles. The van der Waals surface area contributed by atoms with Crippen LogP contribution in [0.5, 0.6) is 0 Å². The van der Waals surface area contributed by atoms with Gasteiger partial charge in [-0.3, -0.25) is 4.79 Å². The van der Waals surface area contributed by atoms with Crippen LogP contribution in [0, 0.1) is 0 Å². The van der Waals surface area contributed by atoms with Crippen molar-refractivity contribution in [2.24, 2.45) is 0 Å². The van der Waals surface area contributed by atoms with Gasteiger partial charge in [0.15, 0.2) is 0 Å². The number of rotatable bonds is 4. The molecule has 2 unspecified atom stereocenters. The number of benzene rings is 1. The molecule has 0 saturated carbocycles. The highest BCUT2D eigenvalue weighted by molar-refractivity contribution is 5.73. The molecule has 0 aliphatic carbocycles. The fourth-order valence-electron chi connectivity index (χ4n) is 2.82. The average molecular weight is 260 g/mol. The van der Waals surface area contributed by atoms with Crippen LogP contribution in [0.4, 0.5) is 0 Å². The fourth-order valence-corrected chi connectivity index (χ4v) is 2.82. The average Bonchev–Trinajstić information content (AvgIpc) is 2.45. The Morgan fingerprint density at radius 2 is 2.05 bits per heavy atom. The second-order valence-corrected chi connectivity index (χ2v) is 5.42. The summed E-state index contributed by atoms with van der Waals surface area (Å²) in [5.74, 6) is 0.636. The zero-order valence-electron chi connectivity index (χ0n) is 11.9. The van der Waals surface area contributed by atoms with Crippen LogP contribution in [-0.4, -0.2) is 36.5 Å². The lowest BCUT2D eigenvalue weighted by Gasteiger charge is -2.38. The van der Waals surface area contributed by atoms with E-state index in [0.717, 1.165) is 32.5 Å². The van der Waals surface area contributed by atoms with E-state index in [2.05, 4.69) is 36.5 Å².